The number of ether oxygens (including phenoxy) is 1. The highest BCUT2D eigenvalue weighted by Gasteiger charge is 2.22. The van der Waals surface area contributed by atoms with E-state index in [-0.39, 0.29) is 29.5 Å². The third-order valence-corrected chi connectivity index (χ3v) is 9.96. The van der Waals surface area contributed by atoms with E-state index in [9.17, 15) is 14.4 Å². The first-order valence-electron chi connectivity index (χ1n) is 17.1. The van der Waals surface area contributed by atoms with E-state index in [1.165, 1.54) is 0 Å². The summed E-state index contributed by atoms with van der Waals surface area (Å²) in [6, 6.07) is 16.0. The first kappa shape index (κ1) is 34.3. The number of fused-ring (bicyclic) bond motifs is 1. The number of nitrogens with one attached hydrogen (secondary N) is 4. The van der Waals surface area contributed by atoms with Crippen molar-refractivity contribution in [2.24, 2.45) is 0 Å². The van der Waals surface area contributed by atoms with Crippen LogP contribution in [0, 0.1) is 6.92 Å². The Morgan fingerprint density at radius 3 is 2.22 bits per heavy atom. The second kappa shape index (κ2) is 15.0. The molecule has 3 aromatic heterocycles. The van der Waals surface area contributed by atoms with Gasteiger partial charge in [0, 0.05) is 80.2 Å². The molecule has 2 amide bonds. The monoisotopic (exact) mass is 706 g/mol. The Hall–Kier alpha value is -5.17. The van der Waals surface area contributed by atoms with E-state index >= 15 is 0 Å². The highest BCUT2D eigenvalue weighted by atomic mass is 35.5. The Bertz CT molecular complexity index is 2190. The normalized spacial score (nSPS) is 17.2. The van der Waals surface area contributed by atoms with Crippen molar-refractivity contribution < 1.29 is 14.3 Å². The van der Waals surface area contributed by atoms with Crippen LogP contribution in [0.15, 0.2) is 71.9 Å². The zero-order valence-corrected chi connectivity index (χ0v) is 29.2. The molecule has 5 heterocycles. The molecule has 2 aromatic carbocycles. The summed E-state index contributed by atoms with van der Waals surface area (Å²) < 4.78 is 7.16. The number of hydrogen-bond acceptors (Lipinski definition) is 9. The largest absolute Gasteiger partial charge is 0.480 e. The van der Waals surface area contributed by atoms with E-state index in [0.717, 1.165) is 46.2 Å². The van der Waals surface area contributed by atoms with Gasteiger partial charge >= 0.3 is 0 Å². The highest BCUT2D eigenvalue weighted by molar-refractivity contribution is 6.36. The third-order valence-electron chi connectivity index (χ3n) is 9.55. The first-order valence-corrected chi connectivity index (χ1v) is 17.5. The van der Waals surface area contributed by atoms with Crippen LogP contribution in [0.5, 0.6) is 5.88 Å². The minimum atomic E-state index is -0.133. The van der Waals surface area contributed by atoms with Crippen LogP contribution in [0.1, 0.15) is 42.5 Å². The summed E-state index contributed by atoms with van der Waals surface area (Å²) in [6.07, 6.45) is 7.79. The van der Waals surface area contributed by atoms with Crippen molar-refractivity contribution in [3.05, 3.63) is 99.3 Å². The maximum Gasteiger partial charge on any atom is 0.262 e. The van der Waals surface area contributed by atoms with Crippen molar-refractivity contribution in [1.82, 2.24) is 40.6 Å². The predicted molar refractivity (Wildman–Crippen MR) is 195 cm³/mol. The number of methoxy groups -OCH3 is 1. The summed E-state index contributed by atoms with van der Waals surface area (Å²) in [5.74, 6) is 0.557. The lowest BCUT2D eigenvalue weighted by atomic mass is 9.92. The van der Waals surface area contributed by atoms with Gasteiger partial charge in [-0.1, -0.05) is 48.0 Å². The molecule has 0 unspecified atom stereocenters. The van der Waals surface area contributed by atoms with Gasteiger partial charge in [0.2, 0.25) is 17.7 Å². The maximum atomic E-state index is 13.3. The molecule has 0 bridgehead atoms. The van der Waals surface area contributed by atoms with E-state index in [4.69, 9.17) is 21.3 Å². The molecule has 12 nitrogen and oxygen atoms in total. The number of nitrogens with zero attached hydrogens (tertiary/aromatic N) is 4. The Balaban J connectivity index is 1.10. The smallest absolute Gasteiger partial charge is 0.262 e. The van der Waals surface area contributed by atoms with Gasteiger partial charge in [0.05, 0.1) is 24.0 Å². The van der Waals surface area contributed by atoms with E-state index in [2.05, 4.69) is 38.2 Å². The standard InChI is InChI=1S/C38H39ClN8O4/c1-22-27(23-13-14-47-33(15-23)43-17-24(38(47)50)16-40-18-25-9-11-34(48)44-25)5-3-6-28(22)29-7-4-8-30(36(29)39)31-21-42-32(37(46-31)51-2)20-41-19-26-10-12-35(49)45-26/h3-8,13-15,17,21,25-26,40-41H,9-12,16,18-20H2,1-2H3,(H,44,48)(H,45,49)/t25-,26+/m0/s1. The van der Waals surface area contributed by atoms with Gasteiger partial charge in [-0.25, -0.2) is 9.97 Å². The summed E-state index contributed by atoms with van der Waals surface area (Å²) in [5, 5.41) is 13.0. The molecule has 2 atom stereocenters. The van der Waals surface area contributed by atoms with Gasteiger partial charge < -0.3 is 26.0 Å². The SMILES string of the molecule is COc1nc(-c2cccc(-c3cccc(-c4ccn5c(=O)c(CNC[C@@H]6CCC(=O)N6)cnc5c4)c3C)c2Cl)cnc1CNC[C@H]1CCC(=O)N1. The molecular formula is C38H39ClN8O4. The molecule has 51 heavy (non-hydrogen) atoms. The number of rotatable bonds is 12. The lowest BCUT2D eigenvalue weighted by Crippen LogP contribution is -2.36. The maximum absolute atomic E-state index is 13.3. The van der Waals surface area contributed by atoms with E-state index in [1.807, 2.05) is 48.5 Å². The van der Waals surface area contributed by atoms with Gasteiger partial charge in [-0.05, 0) is 54.2 Å². The van der Waals surface area contributed by atoms with Gasteiger partial charge in [-0.2, -0.15) is 0 Å². The lowest BCUT2D eigenvalue weighted by molar-refractivity contribution is -0.120. The van der Waals surface area contributed by atoms with E-state index < -0.39 is 0 Å². The number of halogens is 1. The third kappa shape index (κ3) is 7.34. The molecule has 0 aliphatic carbocycles. The second-order valence-electron chi connectivity index (χ2n) is 13.0. The van der Waals surface area contributed by atoms with Crippen LogP contribution < -0.4 is 31.6 Å². The average Bonchev–Trinajstić information content (AvgIpc) is 3.76. The number of pyridine rings is 1. The zero-order valence-electron chi connectivity index (χ0n) is 28.5. The van der Waals surface area contributed by atoms with Gasteiger partial charge in [0.1, 0.15) is 11.3 Å². The minimum Gasteiger partial charge on any atom is -0.480 e. The summed E-state index contributed by atoms with van der Waals surface area (Å²) in [7, 11) is 1.57. The van der Waals surface area contributed by atoms with Crippen LogP contribution in [0.2, 0.25) is 5.02 Å². The number of aromatic nitrogens is 4. The molecule has 2 aliphatic rings. The van der Waals surface area contributed by atoms with Gasteiger partial charge in [0.15, 0.2) is 0 Å². The number of hydrogen-bond donors (Lipinski definition) is 4. The van der Waals surface area contributed by atoms with Crippen molar-refractivity contribution in [1.29, 1.82) is 0 Å². The molecule has 2 saturated heterocycles. The summed E-state index contributed by atoms with van der Waals surface area (Å²) in [6.45, 7) is 4.11. The fourth-order valence-corrected chi connectivity index (χ4v) is 7.12. The quantitative estimate of drug-likeness (QED) is 0.150. The second-order valence-corrected chi connectivity index (χ2v) is 13.3. The van der Waals surface area contributed by atoms with Crippen LogP contribution in [0.25, 0.3) is 39.2 Å². The molecule has 0 radical (unpaired) electrons. The number of benzene rings is 2. The minimum absolute atomic E-state index is 0.0678. The Morgan fingerprint density at radius 2 is 1.53 bits per heavy atom. The molecule has 2 fully saturated rings. The van der Waals surface area contributed by atoms with Crippen molar-refractivity contribution in [2.75, 3.05) is 20.2 Å². The van der Waals surface area contributed by atoms with Crippen molar-refractivity contribution in [3.63, 3.8) is 0 Å². The molecule has 0 saturated carbocycles. The van der Waals surface area contributed by atoms with E-state index in [1.54, 1.807) is 30.1 Å². The Kier molecular flexibility index (Phi) is 10.1. The summed E-state index contributed by atoms with van der Waals surface area (Å²) in [4.78, 5) is 50.3. The van der Waals surface area contributed by atoms with Gasteiger partial charge in [-0.3, -0.25) is 23.8 Å². The highest BCUT2D eigenvalue weighted by Crippen LogP contribution is 2.40. The molecule has 4 N–H and O–H groups in total. The topological polar surface area (TPSA) is 152 Å². The molecule has 2 aliphatic heterocycles. The summed E-state index contributed by atoms with van der Waals surface area (Å²) in [5.41, 5.74) is 7.70. The fourth-order valence-electron chi connectivity index (χ4n) is 6.80. The molecule has 13 heteroatoms. The summed E-state index contributed by atoms with van der Waals surface area (Å²) >= 11 is 7.11. The number of carbonyl (C=O) groups excluding carboxylic acids is 2. The lowest BCUT2D eigenvalue weighted by Gasteiger charge is -2.16. The average molecular weight is 707 g/mol. The van der Waals surface area contributed by atoms with Crippen LogP contribution in [-0.2, 0) is 22.7 Å². The molecule has 0 spiro atoms. The van der Waals surface area contributed by atoms with Crippen molar-refractivity contribution in [3.8, 4) is 39.4 Å². The Labute approximate surface area is 300 Å². The molecule has 7 rings (SSSR count). The number of carbonyl (C=O) groups is 2. The van der Waals surface area contributed by atoms with Crippen LogP contribution in [-0.4, -0.2) is 63.4 Å². The van der Waals surface area contributed by atoms with E-state index in [0.29, 0.717) is 72.5 Å². The van der Waals surface area contributed by atoms with Crippen LogP contribution in [0.3, 0.4) is 0 Å². The first-order chi connectivity index (χ1) is 24.8. The molecule has 262 valence electrons. The number of amides is 2. The van der Waals surface area contributed by atoms with Gasteiger partial charge in [0.25, 0.3) is 5.56 Å². The van der Waals surface area contributed by atoms with Gasteiger partial charge in [-0.15, -0.1) is 0 Å². The van der Waals surface area contributed by atoms with Crippen LogP contribution >= 0.6 is 11.6 Å². The Morgan fingerprint density at radius 1 is 0.863 bits per heavy atom. The van der Waals surface area contributed by atoms with Crippen molar-refractivity contribution in [2.45, 2.75) is 57.8 Å². The zero-order chi connectivity index (χ0) is 35.5. The molecular weight excluding hydrogens is 668 g/mol. The fraction of sp³-hybridized carbons (Fsp3) is 0.316. The molecule has 5 aromatic rings. The predicted octanol–water partition coefficient (Wildman–Crippen LogP) is 4.19. The van der Waals surface area contributed by atoms with Crippen LogP contribution in [0.4, 0.5) is 0 Å². The van der Waals surface area contributed by atoms with Crippen molar-refractivity contribution >= 4 is 29.1 Å².